The first-order valence-corrected chi connectivity index (χ1v) is 4.34. The SMILES string of the molecule is CCC(C(=O)O)c1ccnc(=S)[nH]1. The van der Waals surface area contributed by atoms with E-state index >= 15 is 0 Å². The van der Waals surface area contributed by atoms with Crippen molar-refractivity contribution in [3.63, 3.8) is 0 Å². The van der Waals surface area contributed by atoms with Crippen LogP contribution in [0.15, 0.2) is 12.3 Å². The van der Waals surface area contributed by atoms with E-state index in [1.807, 2.05) is 6.92 Å². The van der Waals surface area contributed by atoms with Gasteiger partial charge in [-0.2, -0.15) is 0 Å². The fourth-order valence-corrected chi connectivity index (χ4v) is 1.29. The van der Waals surface area contributed by atoms with Crippen LogP contribution in [0.1, 0.15) is 25.0 Å². The first kappa shape index (κ1) is 9.85. The molecule has 1 unspecified atom stereocenters. The minimum absolute atomic E-state index is 0.317. The highest BCUT2D eigenvalue weighted by Crippen LogP contribution is 2.16. The topological polar surface area (TPSA) is 66.0 Å². The first-order valence-electron chi connectivity index (χ1n) is 3.93. The number of aliphatic carboxylic acids is 1. The Kier molecular flexibility index (Phi) is 3.13. The van der Waals surface area contributed by atoms with E-state index in [9.17, 15) is 4.79 Å². The van der Waals surface area contributed by atoms with Crippen LogP contribution in [0.4, 0.5) is 0 Å². The smallest absolute Gasteiger partial charge is 0.312 e. The molecule has 0 aliphatic heterocycles. The van der Waals surface area contributed by atoms with Crippen LogP contribution in [0.5, 0.6) is 0 Å². The number of carboxylic acids is 1. The van der Waals surface area contributed by atoms with Crippen LogP contribution in [0.2, 0.25) is 0 Å². The largest absolute Gasteiger partial charge is 0.481 e. The van der Waals surface area contributed by atoms with Crippen LogP contribution in [-0.2, 0) is 4.79 Å². The molecule has 0 fully saturated rings. The lowest BCUT2D eigenvalue weighted by atomic mass is 10.0. The zero-order valence-electron chi connectivity index (χ0n) is 7.15. The first-order chi connectivity index (χ1) is 6.15. The van der Waals surface area contributed by atoms with Gasteiger partial charge in [0.25, 0.3) is 0 Å². The highest BCUT2D eigenvalue weighted by Gasteiger charge is 2.17. The molecule has 13 heavy (non-hydrogen) atoms. The fraction of sp³-hybridized carbons (Fsp3) is 0.375. The van der Waals surface area contributed by atoms with Gasteiger partial charge in [0.1, 0.15) is 0 Å². The van der Waals surface area contributed by atoms with Crippen molar-refractivity contribution in [2.75, 3.05) is 0 Å². The maximum absolute atomic E-state index is 10.8. The maximum Gasteiger partial charge on any atom is 0.312 e. The molecule has 0 amide bonds. The average molecular weight is 198 g/mol. The van der Waals surface area contributed by atoms with Gasteiger partial charge in [-0.3, -0.25) is 4.79 Å². The molecule has 4 nitrogen and oxygen atoms in total. The van der Waals surface area contributed by atoms with Crippen molar-refractivity contribution in [2.45, 2.75) is 19.3 Å². The van der Waals surface area contributed by atoms with E-state index < -0.39 is 11.9 Å². The third kappa shape index (κ3) is 2.35. The van der Waals surface area contributed by atoms with Crippen molar-refractivity contribution >= 4 is 18.2 Å². The number of nitrogens with one attached hydrogen (secondary N) is 1. The van der Waals surface area contributed by atoms with Crippen molar-refractivity contribution in [2.24, 2.45) is 0 Å². The van der Waals surface area contributed by atoms with Crippen LogP contribution in [0, 0.1) is 4.77 Å². The highest BCUT2D eigenvalue weighted by molar-refractivity contribution is 7.71. The molecule has 0 aromatic carbocycles. The molecule has 0 saturated heterocycles. The van der Waals surface area contributed by atoms with Gasteiger partial charge in [-0.15, -0.1) is 0 Å². The van der Waals surface area contributed by atoms with E-state index in [0.717, 1.165) is 0 Å². The summed E-state index contributed by atoms with van der Waals surface area (Å²) >= 11 is 4.79. The predicted octanol–water partition coefficient (Wildman–Crippen LogP) is 1.72. The summed E-state index contributed by atoms with van der Waals surface area (Å²) in [6, 6.07) is 1.64. The summed E-state index contributed by atoms with van der Waals surface area (Å²) in [7, 11) is 0. The normalized spacial score (nSPS) is 12.4. The molecule has 1 atom stereocenters. The molecule has 0 aliphatic rings. The standard InChI is InChI=1S/C8H10N2O2S/c1-2-5(7(11)12)6-3-4-9-8(13)10-6/h3-5H,2H2,1H3,(H,11,12)(H,9,10,13). The van der Waals surface area contributed by atoms with E-state index in [-0.39, 0.29) is 0 Å². The third-order valence-corrected chi connectivity index (χ3v) is 1.99. The van der Waals surface area contributed by atoms with Crippen molar-refractivity contribution in [1.29, 1.82) is 0 Å². The Bertz CT molecular complexity index is 361. The number of aromatic amines is 1. The molecule has 5 heteroatoms. The Hall–Kier alpha value is -1.23. The average Bonchev–Trinajstić information content (AvgIpc) is 2.04. The summed E-state index contributed by atoms with van der Waals surface area (Å²) in [6.07, 6.45) is 2.05. The second kappa shape index (κ2) is 4.13. The zero-order valence-corrected chi connectivity index (χ0v) is 7.97. The number of nitrogens with zero attached hydrogens (tertiary/aromatic N) is 1. The quantitative estimate of drug-likeness (QED) is 0.726. The van der Waals surface area contributed by atoms with Gasteiger partial charge < -0.3 is 10.1 Å². The summed E-state index contributed by atoms with van der Waals surface area (Å²) in [5.74, 6) is -1.37. The lowest BCUT2D eigenvalue weighted by Gasteiger charge is -2.08. The molecule has 1 rings (SSSR count). The number of hydrogen-bond donors (Lipinski definition) is 2. The van der Waals surface area contributed by atoms with Crippen molar-refractivity contribution in [3.8, 4) is 0 Å². The fourth-order valence-electron chi connectivity index (χ4n) is 1.11. The summed E-state index contributed by atoms with van der Waals surface area (Å²) < 4.78 is 0.317. The van der Waals surface area contributed by atoms with Gasteiger partial charge in [-0.1, -0.05) is 6.92 Å². The van der Waals surface area contributed by atoms with Crippen LogP contribution in [0.25, 0.3) is 0 Å². The molecular weight excluding hydrogens is 188 g/mol. The van der Waals surface area contributed by atoms with Gasteiger partial charge in [-0.25, -0.2) is 4.98 Å². The lowest BCUT2D eigenvalue weighted by Crippen LogP contribution is -2.12. The van der Waals surface area contributed by atoms with E-state index in [1.54, 1.807) is 6.07 Å². The highest BCUT2D eigenvalue weighted by atomic mass is 32.1. The van der Waals surface area contributed by atoms with Crippen molar-refractivity contribution < 1.29 is 9.90 Å². The summed E-state index contributed by atoms with van der Waals surface area (Å²) in [4.78, 5) is 17.3. The maximum atomic E-state index is 10.8. The Labute approximate surface area is 80.6 Å². The molecule has 0 aliphatic carbocycles. The number of H-pyrrole nitrogens is 1. The monoisotopic (exact) mass is 198 g/mol. The third-order valence-electron chi connectivity index (χ3n) is 1.78. The van der Waals surface area contributed by atoms with E-state index in [1.165, 1.54) is 6.20 Å². The van der Waals surface area contributed by atoms with Crippen LogP contribution in [-0.4, -0.2) is 21.0 Å². The van der Waals surface area contributed by atoms with Gasteiger partial charge >= 0.3 is 5.97 Å². The summed E-state index contributed by atoms with van der Waals surface area (Å²) in [5.41, 5.74) is 0.606. The molecule has 0 spiro atoms. The van der Waals surface area contributed by atoms with Crippen molar-refractivity contribution in [1.82, 2.24) is 9.97 Å². The van der Waals surface area contributed by atoms with Crippen LogP contribution >= 0.6 is 12.2 Å². The molecule has 0 radical (unpaired) electrons. The number of carbonyl (C=O) groups is 1. The molecule has 70 valence electrons. The van der Waals surface area contributed by atoms with Gasteiger partial charge in [0.2, 0.25) is 0 Å². The second-order valence-electron chi connectivity index (χ2n) is 2.63. The van der Waals surface area contributed by atoms with Gasteiger partial charge in [0.05, 0.1) is 5.92 Å². The number of rotatable bonds is 3. The number of carboxylic acid groups (broad SMARTS) is 1. The molecule has 2 N–H and O–H groups in total. The Morgan fingerprint density at radius 2 is 2.54 bits per heavy atom. The zero-order chi connectivity index (χ0) is 9.84. The molecule has 1 aromatic heterocycles. The van der Waals surface area contributed by atoms with Crippen molar-refractivity contribution in [3.05, 3.63) is 22.7 Å². The Morgan fingerprint density at radius 1 is 1.85 bits per heavy atom. The van der Waals surface area contributed by atoms with Gasteiger partial charge in [-0.05, 0) is 24.7 Å². The molecule has 1 heterocycles. The van der Waals surface area contributed by atoms with Crippen LogP contribution < -0.4 is 0 Å². The Morgan fingerprint density at radius 3 is 3.00 bits per heavy atom. The lowest BCUT2D eigenvalue weighted by molar-refractivity contribution is -0.138. The molecule has 0 saturated carbocycles. The minimum Gasteiger partial charge on any atom is -0.481 e. The molecule has 0 bridgehead atoms. The van der Waals surface area contributed by atoms with Gasteiger partial charge in [0.15, 0.2) is 4.77 Å². The summed E-state index contributed by atoms with van der Waals surface area (Å²) in [6.45, 7) is 1.82. The predicted molar refractivity (Wildman–Crippen MR) is 50.1 cm³/mol. The van der Waals surface area contributed by atoms with E-state index in [4.69, 9.17) is 17.3 Å². The second-order valence-corrected chi connectivity index (χ2v) is 3.02. The minimum atomic E-state index is -0.848. The van der Waals surface area contributed by atoms with E-state index in [0.29, 0.717) is 16.9 Å². The Balaban J connectivity index is 3.05. The number of aromatic nitrogens is 2. The van der Waals surface area contributed by atoms with Gasteiger partial charge in [0, 0.05) is 11.9 Å². The van der Waals surface area contributed by atoms with Crippen LogP contribution in [0.3, 0.4) is 0 Å². The molecule has 1 aromatic rings. The van der Waals surface area contributed by atoms with E-state index in [2.05, 4.69) is 9.97 Å². The molecular formula is C8H10N2O2S. The summed E-state index contributed by atoms with van der Waals surface area (Å²) in [5, 5.41) is 8.84. The number of hydrogen-bond acceptors (Lipinski definition) is 3.